The van der Waals surface area contributed by atoms with Gasteiger partial charge in [-0.3, -0.25) is 4.79 Å². The molecule has 1 atom stereocenters. The minimum Gasteiger partial charge on any atom is -0.320 e. The predicted molar refractivity (Wildman–Crippen MR) is 152 cm³/mol. The maximum Gasteiger partial charge on any atom is 0.422 e. The van der Waals surface area contributed by atoms with Gasteiger partial charge in [0.05, 0.1) is 0 Å². The molecule has 1 amide bonds. The lowest BCUT2D eigenvalue weighted by Crippen LogP contribution is -2.43. The summed E-state index contributed by atoms with van der Waals surface area (Å²) in [6, 6.07) is 0. The highest BCUT2D eigenvalue weighted by atomic mass is 28.3. The van der Waals surface area contributed by atoms with Crippen LogP contribution in [0.2, 0.25) is 34.8 Å². The summed E-state index contributed by atoms with van der Waals surface area (Å²) in [5.74, 6) is -6.43. The molecular formula is C29H40F7NOSi2. The van der Waals surface area contributed by atoms with Crippen LogP contribution in [0, 0.1) is 52.1 Å². The van der Waals surface area contributed by atoms with E-state index >= 15 is 0 Å². The first kappa shape index (κ1) is 35.8. The number of amides is 1. The Kier molecular flexibility index (Phi) is 11.4. The van der Waals surface area contributed by atoms with Crippen LogP contribution in [0.15, 0.2) is 0 Å². The van der Waals surface area contributed by atoms with Gasteiger partial charge in [-0.05, 0) is 21.7 Å². The summed E-state index contributed by atoms with van der Waals surface area (Å²) in [5.41, 5.74) is 2.80. The summed E-state index contributed by atoms with van der Waals surface area (Å²) in [6.45, 7) is 22.5. The number of halogens is 7. The minimum absolute atomic E-state index is 0.0973. The predicted octanol–water partition coefficient (Wildman–Crippen LogP) is 9.48. The van der Waals surface area contributed by atoms with Crippen LogP contribution < -0.4 is 5.32 Å². The molecule has 1 rings (SSSR count). The van der Waals surface area contributed by atoms with Crippen LogP contribution in [0.5, 0.6) is 0 Å². The third-order valence-electron chi connectivity index (χ3n) is 8.02. The van der Waals surface area contributed by atoms with Crippen LogP contribution in [-0.4, -0.2) is 22.1 Å². The van der Waals surface area contributed by atoms with Gasteiger partial charge in [0.2, 0.25) is 5.91 Å². The van der Waals surface area contributed by atoms with E-state index in [1.807, 2.05) is 75.4 Å². The molecule has 0 saturated heterocycles. The quantitative estimate of drug-likeness (QED) is 0.148. The van der Waals surface area contributed by atoms with Crippen molar-refractivity contribution in [2.45, 2.75) is 110 Å². The summed E-state index contributed by atoms with van der Waals surface area (Å²) in [4.78, 5) is 13.2. The third-order valence-corrected chi connectivity index (χ3v) is 18.9. The van der Waals surface area contributed by atoms with Gasteiger partial charge < -0.3 is 5.32 Å². The average Bonchev–Trinajstić information content (AvgIpc) is 2.77. The van der Waals surface area contributed by atoms with E-state index in [1.54, 1.807) is 5.32 Å². The van der Waals surface area contributed by atoms with Gasteiger partial charge in [0.15, 0.2) is 23.3 Å². The van der Waals surface area contributed by atoms with Crippen molar-refractivity contribution in [3.05, 3.63) is 28.8 Å². The van der Waals surface area contributed by atoms with Crippen molar-refractivity contribution in [3.8, 4) is 22.9 Å². The van der Waals surface area contributed by atoms with E-state index in [4.69, 9.17) is 0 Å². The maximum absolute atomic E-state index is 14.5. The first-order valence-corrected chi connectivity index (χ1v) is 18.4. The van der Waals surface area contributed by atoms with Crippen LogP contribution in [0.1, 0.15) is 74.3 Å². The zero-order chi connectivity index (χ0) is 31.6. The Bertz CT molecular complexity index is 1170. The topological polar surface area (TPSA) is 29.1 Å². The molecule has 0 aliphatic rings. The molecule has 40 heavy (non-hydrogen) atoms. The first-order valence-electron chi connectivity index (χ1n) is 13.2. The lowest BCUT2D eigenvalue weighted by Gasteiger charge is -2.38. The number of benzene rings is 1. The van der Waals surface area contributed by atoms with E-state index in [0.717, 1.165) is 0 Å². The molecule has 11 heteroatoms. The van der Waals surface area contributed by atoms with Gasteiger partial charge in [0.25, 0.3) is 0 Å². The summed E-state index contributed by atoms with van der Waals surface area (Å²) in [7, 11) is -4.48. The van der Waals surface area contributed by atoms with E-state index in [2.05, 4.69) is 22.9 Å². The fourth-order valence-corrected chi connectivity index (χ4v) is 10.8. The van der Waals surface area contributed by atoms with Crippen molar-refractivity contribution < 1.29 is 35.5 Å². The summed E-state index contributed by atoms with van der Waals surface area (Å²) < 4.78 is 96.4. The van der Waals surface area contributed by atoms with E-state index in [-0.39, 0.29) is 28.1 Å². The molecule has 1 aromatic rings. The van der Waals surface area contributed by atoms with Crippen LogP contribution in [0.4, 0.5) is 36.4 Å². The van der Waals surface area contributed by atoms with E-state index in [0.29, 0.717) is 0 Å². The van der Waals surface area contributed by atoms with Crippen LogP contribution in [0.25, 0.3) is 0 Å². The lowest BCUT2D eigenvalue weighted by molar-refractivity contribution is -0.143. The molecule has 0 aromatic heterocycles. The Balaban J connectivity index is 3.73. The number of anilines is 1. The van der Waals surface area contributed by atoms with Gasteiger partial charge in [0.1, 0.15) is 33.3 Å². The van der Waals surface area contributed by atoms with Crippen LogP contribution in [-0.2, 0) is 11.0 Å². The van der Waals surface area contributed by atoms with Gasteiger partial charge in [0, 0.05) is 6.42 Å². The highest BCUT2D eigenvalue weighted by Gasteiger charge is 2.44. The Morgan fingerprint density at radius 3 is 1.57 bits per heavy atom. The average molecular weight is 608 g/mol. The summed E-state index contributed by atoms with van der Waals surface area (Å²) in [5, 5.41) is 1.66. The maximum atomic E-state index is 14.5. The van der Waals surface area contributed by atoms with Crippen molar-refractivity contribution in [2.75, 3.05) is 5.32 Å². The smallest absolute Gasteiger partial charge is 0.320 e. The second kappa shape index (κ2) is 12.7. The second-order valence-corrected chi connectivity index (χ2v) is 23.2. The SMILES string of the molecule is CC(C)[Si](C#CC(CC#C[Si](C)(C)C(C)(C)C)C(=O)Nc1c(F)c(F)c(C(F)(F)F)c(F)c1F)(C(C)C)C(C)C. The first-order chi connectivity index (χ1) is 17.9. The monoisotopic (exact) mass is 607 g/mol. The fraction of sp³-hybridized carbons (Fsp3) is 0.621. The highest BCUT2D eigenvalue weighted by Crippen LogP contribution is 2.41. The van der Waals surface area contributed by atoms with Gasteiger partial charge in [-0.1, -0.05) is 81.3 Å². The molecule has 224 valence electrons. The molecule has 1 unspecified atom stereocenters. The van der Waals surface area contributed by atoms with Crippen molar-refractivity contribution in [3.63, 3.8) is 0 Å². The summed E-state index contributed by atoms with van der Waals surface area (Å²) >= 11 is 0. The molecule has 0 spiro atoms. The molecule has 0 fully saturated rings. The van der Waals surface area contributed by atoms with Gasteiger partial charge in [-0.15, -0.1) is 17.0 Å². The van der Waals surface area contributed by atoms with Crippen molar-refractivity contribution >= 4 is 27.7 Å². The standard InChI is InChI=1S/C29H40F7NOSi2/c1-17(2)40(18(3)4,19(5)6)16-14-20(13-12-15-39(10,11)28(7,8)9)27(38)37-26-24(32)22(30)21(29(34,35)36)23(31)25(26)33/h17-20H,13H2,1-11H3,(H,37,38). The Labute approximate surface area is 235 Å². The van der Waals surface area contributed by atoms with Crippen LogP contribution >= 0.6 is 0 Å². The molecule has 0 bridgehead atoms. The third kappa shape index (κ3) is 7.53. The van der Waals surface area contributed by atoms with E-state index in [9.17, 15) is 35.5 Å². The molecule has 1 aromatic carbocycles. The van der Waals surface area contributed by atoms with Gasteiger partial charge in [-0.2, -0.15) is 13.2 Å². The normalized spacial score (nSPS) is 13.6. The Morgan fingerprint density at radius 2 is 1.23 bits per heavy atom. The number of carbonyl (C=O) groups is 1. The van der Waals surface area contributed by atoms with Crippen LogP contribution in [0.3, 0.4) is 0 Å². The van der Waals surface area contributed by atoms with Crippen molar-refractivity contribution in [2.24, 2.45) is 5.92 Å². The van der Waals surface area contributed by atoms with Crippen molar-refractivity contribution in [1.29, 1.82) is 0 Å². The minimum atomic E-state index is -5.69. The highest BCUT2D eigenvalue weighted by molar-refractivity contribution is 6.90. The van der Waals surface area contributed by atoms with Gasteiger partial charge >= 0.3 is 6.18 Å². The molecule has 0 saturated carbocycles. The zero-order valence-corrected chi connectivity index (χ0v) is 27.1. The fourth-order valence-electron chi connectivity index (χ4n) is 4.62. The largest absolute Gasteiger partial charge is 0.422 e. The summed E-state index contributed by atoms with van der Waals surface area (Å²) in [6.07, 6.45) is -5.83. The molecule has 2 nitrogen and oxygen atoms in total. The number of alkyl halides is 3. The van der Waals surface area contributed by atoms with E-state index < -0.39 is 68.7 Å². The molecular weight excluding hydrogens is 567 g/mol. The molecule has 0 aliphatic carbocycles. The second-order valence-electron chi connectivity index (χ2n) is 12.6. The number of hydrogen-bond donors (Lipinski definition) is 1. The Hall–Kier alpha value is -2.25. The number of nitrogens with one attached hydrogen (secondary N) is 1. The molecule has 0 heterocycles. The van der Waals surface area contributed by atoms with E-state index in [1.165, 1.54) is 0 Å². The molecule has 0 aliphatic heterocycles. The number of carbonyl (C=O) groups excluding carboxylic acids is 1. The Morgan fingerprint density at radius 1 is 0.800 bits per heavy atom. The lowest BCUT2D eigenvalue weighted by atomic mass is 10.1. The molecule has 0 radical (unpaired) electrons. The number of hydrogen-bond acceptors (Lipinski definition) is 1. The number of rotatable bonds is 6. The molecule has 1 N–H and O–H groups in total. The van der Waals surface area contributed by atoms with Gasteiger partial charge in [-0.25, -0.2) is 17.6 Å². The zero-order valence-electron chi connectivity index (χ0n) is 25.1. The van der Waals surface area contributed by atoms with Crippen molar-refractivity contribution in [1.82, 2.24) is 0 Å².